The van der Waals surface area contributed by atoms with Gasteiger partial charge < -0.3 is 24.9 Å². The molecule has 1 aromatic carbocycles. The third-order valence-electron chi connectivity index (χ3n) is 6.18. The number of ether oxygens (including phenoxy) is 1. The summed E-state index contributed by atoms with van der Waals surface area (Å²) in [5.41, 5.74) is 0. The van der Waals surface area contributed by atoms with Gasteiger partial charge in [-0.05, 0) is 56.1 Å². The summed E-state index contributed by atoms with van der Waals surface area (Å²) in [5.74, 6) is 0.862. The summed E-state index contributed by atoms with van der Waals surface area (Å²) in [6.07, 6.45) is 5.52. The Bertz CT molecular complexity index is 634. The van der Waals surface area contributed by atoms with Crippen molar-refractivity contribution in [2.75, 3.05) is 19.4 Å². The molecule has 172 valence electrons. The fourth-order valence-electron chi connectivity index (χ4n) is 4.48. The lowest BCUT2D eigenvalue weighted by Gasteiger charge is -2.24. The Morgan fingerprint density at radius 1 is 1.00 bits per heavy atom. The molecule has 2 rings (SSSR count). The van der Waals surface area contributed by atoms with Crippen molar-refractivity contribution < 1.29 is 29.5 Å². The smallest absolute Gasteiger partial charge is 0.197 e. The maximum atomic E-state index is 11.3. The van der Waals surface area contributed by atoms with Gasteiger partial charge in [-0.2, -0.15) is 0 Å². The number of hydrogen-bond acceptors (Lipinski definition) is 5. The van der Waals surface area contributed by atoms with E-state index in [1.165, 1.54) is 6.66 Å². The molecule has 0 aliphatic heterocycles. The van der Waals surface area contributed by atoms with Gasteiger partial charge in [-0.15, -0.1) is 0 Å². The summed E-state index contributed by atoms with van der Waals surface area (Å²) in [6, 6.07) is 9.52. The van der Waals surface area contributed by atoms with Crippen molar-refractivity contribution >= 4 is 7.37 Å². The van der Waals surface area contributed by atoms with E-state index in [0.29, 0.717) is 38.5 Å². The fourth-order valence-corrected chi connectivity index (χ4v) is 5.29. The van der Waals surface area contributed by atoms with E-state index < -0.39 is 25.7 Å². The zero-order valence-corrected chi connectivity index (χ0v) is 19.0. The van der Waals surface area contributed by atoms with E-state index in [4.69, 9.17) is 4.74 Å². The second-order valence-electron chi connectivity index (χ2n) is 8.86. The largest absolute Gasteiger partial charge is 0.493 e. The molecule has 1 fully saturated rings. The summed E-state index contributed by atoms with van der Waals surface area (Å²) in [4.78, 5) is 9.33. The monoisotopic (exact) mass is 442 g/mol. The highest BCUT2D eigenvalue weighted by Crippen LogP contribution is 2.40. The molecule has 0 radical (unpaired) electrons. The van der Waals surface area contributed by atoms with Gasteiger partial charge in [-0.25, -0.2) is 0 Å². The van der Waals surface area contributed by atoms with Crippen LogP contribution in [0.1, 0.15) is 57.8 Å². The Kier molecular flexibility index (Phi) is 10.8. The van der Waals surface area contributed by atoms with Crippen molar-refractivity contribution in [3.8, 4) is 5.75 Å². The molecular weight excluding hydrogens is 403 g/mol. The molecule has 1 aliphatic rings. The normalized spacial score (nSPS) is 27.0. The molecule has 0 spiro atoms. The summed E-state index contributed by atoms with van der Waals surface area (Å²) in [5, 5.41) is 31.0. The van der Waals surface area contributed by atoms with Crippen molar-refractivity contribution in [2.45, 2.75) is 76.1 Å². The van der Waals surface area contributed by atoms with Gasteiger partial charge in [0.05, 0.1) is 24.9 Å². The summed E-state index contributed by atoms with van der Waals surface area (Å²) in [6.45, 7) is 1.85. The van der Waals surface area contributed by atoms with E-state index in [2.05, 4.69) is 0 Å². The van der Waals surface area contributed by atoms with Crippen molar-refractivity contribution in [2.24, 2.45) is 11.8 Å². The lowest BCUT2D eigenvalue weighted by molar-refractivity contribution is 0.0759. The van der Waals surface area contributed by atoms with E-state index in [-0.39, 0.29) is 11.8 Å². The molecule has 1 saturated carbocycles. The van der Waals surface area contributed by atoms with Crippen LogP contribution in [-0.4, -0.2) is 58.0 Å². The van der Waals surface area contributed by atoms with Crippen LogP contribution in [0.2, 0.25) is 0 Å². The van der Waals surface area contributed by atoms with Gasteiger partial charge in [-0.3, -0.25) is 4.57 Å². The van der Waals surface area contributed by atoms with E-state index in [0.717, 1.165) is 37.9 Å². The summed E-state index contributed by atoms with van der Waals surface area (Å²) in [7, 11) is -2.91. The van der Waals surface area contributed by atoms with Crippen molar-refractivity contribution in [1.29, 1.82) is 0 Å². The zero-order valence-electron chi connectivity index (χ0n) is 18.1. The third kappa shape index (κ3) is 9.49. The molecule has 6 unspecified atom stereocenters. The minimum Gasteiger partial charge on any atom is -0.493 e. The first-order valence-electron chi connectivity index (χ1n) is 11.3. The van der Waals surface area contributed by atoms with Gasteiger partial charge >= 0.3 is 0 Å². The minimum atomic E-state index is -2.91. The highest BCUT2D eigenvalue weighted by Gasteiger charge is 2.40. The summed E-state index contributed by atoms with van der Waals surface area (Å²) < 4.78 is 16.9. The predicted molar refractivity (Wildman–Crippen MR) is 119 cm³/mol. The first-order valence-corrected chi connectivity index (χ1v) is 13.6. The maximum absolute atomic E-state index is 11.3. The Hall–Kier alpha value is -0.910. The number of aliphatic hydroxyl groups is 3. The van der Waals surface area contributed by atoms with Crippen molar-refractivity contribution in [3.05, 3.63) is 30.3 Å². The fraction of sp³-hybridized carbons (Fsp3) is 0.739. The Morgan fingerprint density at radius 2 is 1.63 bits per heavy atom. The molecule has 1 aliphatic carbocycles. The lowest BCUT2D eigenvalue weighted by atomic mass is 9.84. The Morgan fingerprint density at radius 3 is 2.30 bits per heavy atom. The predicted octanol–water partition coefficient (Wildman–Crippen LogP) is 3.81. The van der Waals surface area contributed by atoms with Gasteiger partial charge in [0.2, 0.25) is 0 Å². The topological polar surface area (TPSA) is 107 Å². The van der Waals surface area contributed by atoms with Crippen LogP contribution in [0.4, 0.5) is 0 Å². The SMILES string of the molecule is CP(=O)(O)CCCCCCC1C(O)CC(O)C1CCC(O)CCOc1ccccc1. The second-order valence-corrected chi connectivity index (χ2v) is 11.4. The molecule has 0 saturated heterocycles. The van der Waals surface area contributed by atoms with E-state index in [1.54, 1.807) is 0 Å². The standard InChI is InChI=1S/C23H39O6P/c1-30(27,28)16-8-3-2-7-11-20-21(23(26)17-22(20)25)13-12-18(24)14-15-29-19-9-5-4-6-10-19/h4-6,9-10,18,20-26H,2-3,7-8,11-17H2,1H3,(H,27,28). The molecule has 0 amide bonds. The van der Waals surface area contributed by atoms with E-state index in [1.807, 2.05) is 30.3 Å². The van der Waals surface area contributed by atoms with Crippen LogP contribution < -0.4 is 4.74 Å². The van der Waals surface area contributed by atoms with Crippen LogP contribution in [-0.2, 0) is 4.57 Å². The molecular formula is C23H39O6P. The number of rotatable bonds is 14. The number of hydrogen-bond donors (Lipinski definition) is 4. The van der Waals surface area contributed by atoms with Crippen molar-refractivity contribution in [1.82, 2.24) is 0 Å². The van der Waals surface area contributed by atoms with Crippen LogP contribution in [0.25, 0.3) is 0 Å². The number of para-hydroxylation sites is 1. The Balaban J connectivity index is 1.66. The minimum absolute atomic E-state index is 0.0120. The molecule has 4 N–H and O–H groups in total. The molecule has 6 atom stereocenters. The van der Waals surface area contributed by atoms with Crippen LogP contribution in [0.5, 0.6) is 5.75 Å². The van der Waals surface area contributed by atoms with Crippen LogP contribution in [0.3, 0.4) is 0 Å². The average molecular weight is 443 g/mol. The first kappa shape index (κ1) is 25.4. The molecule has 30 heavy (non-hydrogen) atoms. The van der Waals surface area contributed by atoms with Gasteiger partial charge in [0, 0.05) is 19.2 Å². The average Bonchev–Trinajstić information content (AvgIpc) is 2.95. The van der Waals surface area contributed by atoms with E-state index in [9.17, 15) is 24.8 Å². The number of unbranched alkanes of at least 4 members (excludes halogenated alkanes) is 3. The highest BCUT2D eigenvalue weighted by atomic mass is 31.2. The lowest BCUT2D eigenvalue weighted by Crippen LogP contribution is -2.24. The van der Waals surface area contributed by atoms with Gasteiger partial charge in [-0.1, -0.05) is 37.5 Å². The van der Waals surface area contributed by atoms with E-state index >= 15 is 0 Å². The molecule has 6 nitrogen and oxygen atoms in total. The van der Waals surface area contributed by atoms with Gasteiger partial charge in [0.25, 0.3) is 0 Å². The maximum Gasteiger partial charge on any atom is 0.197 e. The highest BCUT2D eigenvalue weighted by molar-refractivity contribution is 7.57. The van der Waals surface area contributed by atoms with Crippen molar-refractivity contribution in [3.63, 3.8) is 0 Å². The number of aliphatic hydroxyl groups excluding tert-OH is 3. The molecule has 0 bridgehead atoms. The third-order valence-corrected chi connectivity index (χ3v) is 7.32. The second kappa shape index (κ2) is 12.8. The van der Waals surface area contributed by atoms with Crippen LogP contribution >= 0.6 is 7.37 Å². The Labute approximate surface area is 180 Å². The number of benzene rings is 1. The molecule has 0 heterocycles. The van der Waals surface area contributed by atoms with Gasteiger partial charge in [0.1, 0.15) is 5.75 Å². The van der Waals surface area contributed by atoms with Crippen LogP contribution in [0, 0.1) is 11.8 Å². The molecule has 0 aromatic heterocycles. The summed E-state index contributed by atoms with van der Waals surface area (Å²) >= 11 is 0. The van der Waals surface area contributed by atoms with Gasteiger partial charge in [0.15, 0.2) is 7.37 Å². The quantitative estimate of drug-likeness (QED) is 0.258. The van der Waals surface area contributed by atoms with Crippen LogP contribution in [0.15, 0.2) is 30.3 Å². The molecule has 1 aromatic rings. The first-order chi connectivity index (χ1) is 14.3. The molecule has 7 heteroatoms. The zero-order chi connectivity index (χ0) is 22.0.